The Morgan fingerprint density at radius 2 is 2.00 bits per heavy atom. The number of hydrogen-bond donors (Lipinski definition) is 1. The number of rotatable bonds is 7. The van der Waals surface area contributed by atoms with Gasteiger partial charge in [0.05, 0.1) is 13.3 Å². The highest BCUT2D eigenvalue weighted by Crippen LogP contribution is 2.40. The Labute approximate surface area is 178 Å². The van der Waals surface area contributed by atoms with Gasteiger partial charge in [-0.05, 0) is 30.2 Å². The molecule has 1 aromatic carbocycles. The Bertz CT molecular complexity index is 1150. The average molecular weight is 456 g/mol. The molecule has 158 valence electrons. The van der Waals surface area contributed by atoms with Crippen LogP contribution in [0.25, 0.3) is 21.7 Å². The maximum absolute atomic E-state index is 12.9. The summed E-state index contributed by atoms with van der Waals surface area (Å²) < 4.78 is 32.4. The van der Waals surface area contributed by atoms with Crippen molar-refractivity contribution in [3.05, 3.63) is 50.8 Å². The van der Waals surface area contributed by atoms with E-state index in [9.17, 15) is 23.5 Å². The van der Waals surface area contributed by atoms with Gasteiger partial charge in [0.25, 0.3) is 12.0 Å². The van der Waals surface area contributed by atoms with Crippen molar-refractivity contribution in [3.63, 3.8) is 0 Å². The second-order valence-electron chi connectivity index (χ2n) is 6.20. The van der Waals surface area contributed by atoms with Gasteiger partial charge in [-0.25, -0.2) is 13.6 Å². The van der Waals surface area contributed by atoms with Crippen molar-refractivity contribution in [1.82, 2.24) is 14.8 Å². The molecule has 0 saturated heterocycles. The number of carboxylic acid groups (broad SMARTS) is 1. The van der Waals surface area contributed by atoms with Crippen molar-refractivity contribution >= 4 is 28.9 Å². The number of methoxy groups -OCH3 is 1. The minimum atomic E-state index is -2.76. The van der Waals surface area contributed by atoms with E-state index in [0.29, 0.717) is 21.7 Å². The first-order valence-corrected chi connectivity index (χ1v) is 9.91. The molecule has 0 bridgehead atoms. The molecule has 1 atom stereocenters. The number of nitrogens with zero attached hydrogens (tertiary/aromatic N) is 3. The molecule has 0 spiro atoms. The fourth-order valence-corrected chi connectivity index (χ4v) is 3.90. The molecule has 3 rings (SSSR count). The van der Waals surface area contributed by atoms with Crippen LogP contribution in [0.15, 0.2) is 35.3 Å². The van der Waals surface area contributed by atoms with Crippen LogP contribution >= 0.6 is 22.9 Å². The van der Waals surface area contributed by atoms with Crippen LogP contribution in [0.5, 0.6) is 5.75 Å². The van der Waals surface area contributed by atoms with Gasteiger partial charge < -0.3 is 9.84 Å². The minimum Gasteiger partial charge on any atom is -0.495 e. The molecule has 2 heterocycles. The van der Waals surface area contributed by atoms with Crippen molar-refractivity contribution in [1.29, 1.82) is 0 Å². The van der Waals surface area contributed by atoms with Crippen LogP contribution in [0.2, 0.25) is 5.02 Å². The molecular formula is C19H16ClF2N3O4S. The van der Waals surface area contributed by atoms with Gasteiger partial charge >= 0.3 is 5.97 Å². The van der Waals surface area contributed by atoms with Gasteiger partial charge in [0, 0.05) is 22.2 Å². The van der Waals surface area contributed by atoms with E-state index in [-0.39, 0.29) is 17.2 Å². The number of carboxylic acids is 1. The van der Waals surface area contributed by atoms with E-state index in [1.807, 2.05) is 0 Å². The van der Waals surface area contributed by atoms with E-state index in [4.69, 9.17) is 16.3 Å². The van der Waals surface area contributed by atoms with Crippen molar-refractivity contribution in [2.75, 3.05) is 7.11 Å². The van der Waals surface area contributed by atoms with Gasteiger partial charge in [-0.1, -0.05) is 29.9 Å². The monoisotopic (exact) mass is 455 g/mol. The number of halogens is 3. The summed E-state index contributed by atoms with van der Waals surface area (Å²) in [5, 5.41) is 16.8. The first kappa shape index (κ1) is 21.8. The molecule has 11 heteroatoms. The van der Waals surface area contributed by atoms with Crippen LogP contribution in [0, 0.1) is 0 Å². The van der Waals surface area contributed by atoms with Crippen molar-refractivity contribution in [3.8, 4) is 27.4 Å². The first-order chi connectivity index (χ1) is 14.3. The number of hydrogen-bond acceptors (Lipinski definition) is 6. The SMILES string of the molecule is CCC(C(=O)O)n1cc(OC)c(-c2cc(Cl)ccc2-c2nnc(C(F)F)s2)cc1=O. The molecule has 3 aromatic rings. The average Bonchev–Trinajstić information content (AvgIpc) is 3.19. The maximum atomic E-state index is 12.9. The van der Waals surface area contributed by atoms with E-state index in [1.165, 1.54) is 19.4 Å². The lowest BCUT2D eigenvalue weighted by Crippen LogP contribution is -2.29. The number of alkyl halides is 2. The Balaban J connectivity index is 2.22. The smallest absolute Gasteiger partial charge is 0.326 e. The van der Waals surface area contributed by atoms with Crippen molar-refractivity contribution < 1.29 is 23.4 Å². The molecule has 0 aliphatic rings. The lowest BCUT2D eigenvalue weighted by atomic mass is 9.99. The fraction of sp³-hybridized carbons (Fsp3) is 0.263. The molecule has 1 unspecified atom stereocenters. The van der Waals surface area contributed by atoms with E-state index in [0.717, 1.165) is 15.9 Å². The Morgan fingerprint density at radius 3 is 2.57 bits per heavy atom. The highest BCUT2D eigenvalue weighted by atomic mass is 35.5. The molecule has 7 nitrogen and oxygen atoms in total. The van der Waals surface area contributed by atoms with Gasteiger partial charge in [-0.15, -0.1) is 10.2 Å². The predicted octanol–water partition coefficient (Wildman–Crippen LogP) is 4.67. The third-order valence-electron chi connectivity index (χ3n) is 4.40. The van der Waals surface area contributed by atoms with E-state index in [2.05, 4.69) is 10.2 Å². The third kappa shape index (κ3) is 4.19. The number of carbonyl (C=O) groups is 1. The fourth-order valence-electron chi connectivity index (χ4n) is 2.99. The highest BCUT2D eigenvalue weighted by molar-refractivity contribution is 7.14. The van der Waals surface area contributed by atoms with Crippen molar-refractivity contribution in [2.24, 2.45) is 0 Å². The van der Waals surface area contributed by atoms with Crippen LogP contribution in [-0.2, 0) is 4.79 Å². The molecule has 2 aromatic heterocycles. The third-order valence-corrected chi connectivity index (χ3v) is 5.60. The van der Waals surface area contributed by atoms with Crippen LogP contribution in [0.1, 0.15) is 30.8 Å². The summed E-state index contributed by atoms with van der Waals surface area (Å²) in [5.41, 5.74) is 0.621. The zero-order valence-electron chi connectivity index (χ0n) is 15.8. The van der Waals surface area contributed by atoms with E-state index >= 15 is 0 Å². The number of benzene rings is 1. The molecule has 0 aliphatic heterocycles. The van der Waals surface area contributed by atoms with Gasteiger partial charge in [0.15, 0.2) is 5.01 Å². The minimum absolute atomic E-state index is 0.196. The number of aliphatic carboxylic acids is 1. The summed E-state index contributed by atoms with van der Waals surface area (Å²) in [6.07, 6.45) is -1.25. The molecule has 30 heavy (non-hydrogen) atoms. The highest BCUT2D eigenvalue weighted by Gasteiger charge is 2.23. The summed E-state index contributed by atoms with van der Waals surface area (Å²) >= 11 is 6.86. The van der Waals surface area contributed by atoms with Crippen LogP contribution in [-0.4, -0.2) is 33.0 Å². The molecule has 1 N–H and O–H groups in total. The molecule has 0 saturated carbocycles. The normalized spacial score (nSPS) is 12.2. The molecular weight excluding hydrogens is 440 g/mol. The number of aromatic nitrogens is 3. The summed E-state index contributed by atoms with van der Waals surface area (Å²) in [7, 11) is 1.37. The van der Waals surface area contributed by atoms with Crippen molar-refractivity contribution in [2.45, 2.75) is 25.8 Å². The molecule has 0 fully saturated rings. The summed E-state index contributed by atoms with van der Waals surface area (Å²) in [5.74, 6) is -0.928. The van der Waals surface area contributed by atoms with Crippen LogP contribution in [0.3, 0.4) is 0 Å². The van der Waals surface area contributed by atoms with Gasteiger partial charge in [0.1, 0.15) is 16.8 Å². The lowest BCUT2D eigenvalue weighted by Gasteiger charge is -2.18. The topological polar surface area (TPSA) is 94.3 Å². The van der Waals surface area contributed by atoms with E-state index < -0.39 is 29.0 Å². The van der Waals surface area contributed by atoms with Crippen LogP contribution in [0.4, 0.5) is 8.78 Å². The molecule has 0 aliphatic carbocycles. The summed E-state index contributed by atoms with van der Waals surface area (Å²) in [4.78, 5) is 24.2. The van der Waals surface area contributed by atoms with Gasteiger partial charge in [0.2, 0.25) is 0 Å². The Kier molecular flexibility index (Phi) is 6.47. The van der Waals surface area contributed by atoms with Gasteiger partial charge in [-0.3, -0.25) is 9.36 Å². The molecule has 0 amide bonds. The first-order valence-electron chi connectivity index (χ1n) is 8.71. The quantitative estimate of drug-likeness (QED) is 0.556. The number of pyridine rings is 1. The lowest BCUT2D eigenvalue weighted by molar-refractivity contribution is -0.141. The zero-order chi connectivity index (χ0) is 22.0. The Hall–Kier alpha value is -2.85. The Morgan fingerprint density at radius 1 is 1.27 bits per heavy atom. The van der Waals surface area contributed by atoms with Gasteiger partial charge in [-0.2, -0.15) is 0 Å². The maximum Gasteiger partial charge on any atom is 0.326 e. The largest absolute Gasteiger partial charge is 0.495 e. The van der Waals surface area contributed by atoms with Crippen LogP contribution < -0.4 is 10.3 Å². The standard InChI is InChI=1S/C19H16ClF2N3O4S/c1-3-13(19(27)28)25-8-14(29-2)12(7-15(25)26)11-6-9(20)4-5-10(11)17-23-24-18(30-17)16(21)22/h4-8,13,16H,3H2,1-2H3,(H,27,28). The summed E-state index contributed by atoms with van der Waals surface area (Å²) in [6, 6.07) is 4.88. The second kappa shape index (κ2) is 8.88. The zero-order valence-corrected chi connectivity index (χ0v) is 17.4. The number of ether oxygens (including phenoxy) is 1. The summed E-state index contributed by atoms with van der Waals surface area (Å²) in [6.45, 7) is 1.65. The van der Waals surface area contributed by atoms with E-state index in [1.54, 1.807) is 25.1 Å². The molecule has 0 radical (unpaired) electrons. The predicted molar refractivity (Wildman–Crippen MR) is 109 cm³/mol. The second-order valence-corrected chi connectivity index (χ2v) is 7.64.